The first-order chi connectivity index (χ1) is 6.24. The second-order valence-electron chi connectivity index (χ2n) is 3.90. The molecule has 2 rings (SSSR count). The number of hydrogen-bond acceptors (Lipinski definition) is 2. The third-order valence-corrected chi connectivity index (χ3v) is 3.19. The van der Waals surface area contributed by atoms with E-state index in [1.165, 1.54) is 0 Å². The molecule has 1 aliphatic carbocycles. The molecule has 0 N–H and O–H groups in total. The average Bonchev–Trinajstić information content (AvgIpc) is 2.43. The minimum absolute atomic E-state index is 0.00583. The Labute approximate surface area is 80.3 Å². The number of rotatable bonds is 1. The van der Waals surface area contributed by atoms with E-state index >= 15 is 0 Å². The molecule has 4 atom stereocenters. The Morgan fingerprint density at radius 3 is 3.08 bits per heavy atom. The van der Waals surface area contributed by atoms with Crippen LogP contribution in [0.3, 0.4) is 0 Å². The van der Waals surface area contributed by atoms with Crippen LogP contribution in [0, 0.1) is 24.7 Å². The number of cyclic esters (lactones) is 1. The van der Waals surface area contributed by atoms with Gasteiger partial charge in [-0.25, -0.2) is 0 Å². The molecule has 2 nitrogen and oxygen atoms in total. The van der Waals surface area contributed by atoms with Gasteiger partial charge in [0.15, 0.2) is 0 Å². The van der Waals surface area contributed by atoms with E-state index in [4.69, 9.17) is 4.74 Å². The van der Waals surface area contributed by atoms with Gasteiger partial charge in [0, 0.05) is 5.92 Å². The highest BCUT2D eigenvalue weighted by molar-refractivity contribution is 6.36. The maximum atomic E-state index is 11.4. The van der Waals surface area contributed by atoms with Crippen molar-refractivity contribution in [3.05, 3.63) is 12.8 Å². The maximum Gasteiger partial charge on any atom is 0.309 e. The van der Waals surface area contributed by atoms with E-state index in [-0.39, 0.29) is 18.0 Å². The van der Waals surface area contributed by atoms with Gasteiger partial charge in [-0.2, -0.15) is 0 Å². The van der Waals surface area contributed by atoms with Crippen LogP contribution in [0.4, 0.5) is 0 Å². The van der Waals surface area contributed by atoms with E-state index in [0.717, 1.165) is 6.42 Å². The molecule has 13 heavy (non-hydrogen) atoms. The lowest BCUT2D eigenvalue weighted by Gasteiger charge is -2.31. The quantitative estimate of drug-likeness (QED) is 0.448. The minimum Gasteiger partial charge on any atom is -0.462 e. The summed E-state index contributed by atoms with van der Waals surface area (Å²) in [6.07, 6.45) is 5.24. The Balaban J connectivity index is 2.17. The van der Waals surface area contributed by atoms with E-state index < -0.39 is 0 Å². The van der Waals surface area contributed by atoms with Crippen molar-refractivity contribution in [1.82, 2.24) is 0 Å². The molecule has 3 radical (unpaired) electrons. The first-order valence-corrected chi connectivity index (χ1v) is 4.90. The van der Waals surface area contributed by atoms with Crippen LogP contribution >= 0.6 is 0 Å². The van der Waals surface area contributed by atoms with Gasteiger partial charge in [0.05, 0.1) is 5.92 Å². The van der Waals surface area contributed by atoms with Gasteiger partial charge in [-0.3, -0.25) is 4.79 Å². The number of hydrogen-bond donors (Lipinski definition) is 0. The summed E-state index contributed by atoms with van der Waals surface area (Å²) in [7, 11) is 2.16. The van der Waals surface area contributed by atoms with Crippen molar-refractivity contribution in [2.24, 2.45) is 11.8 Å². The van der Waals surface area contributed by atoms with E-state index in [1.54, 1.807) is 0 Å². The molecule has 0 aromatic heterocycles. The molecule has 0 bridgehead atoms. The summed E-state index contributed by atoms with van der Waals surface area (Å²) >= 11 is 0. The van der Waals surface area contributed by atoms with Crippen molar-refractivity contribution in [3.8, 4) is 0 Å². The topological polar surface area (TPSA) is 26.3 Å². The fourth-order valence-corrected chi connectivity index (χ4v) is 2.51. The van der Waals surface area contributed by atoms with Crippen molar-refractivity contribution in [2.45, 2.75) is 32.1 Å². The lowest BCUT2D eigenvalue weighted by atomic mass is 9.53. The molecule has 1 heterocycles. The zero-order valence-electron chi connectivity index (χ0n) is 8.07. The molecule has 1 saturated carbocycles. The highest BCUT2D eigenvalue weighted by Gasteiger charge is 2.47. The highest BCUT2D eigenvalue weighted by Crippen LogP contribution is 2.44. The SMILES string of the molecule is C[B][C@H]1[CH][CH]C[C@H]2C(=O)O[C@H](C)[C@@H]12. The smallest absolute Gasteiger partial charge is 0.309 e. The van der Waals surface area contributed by atoms with Gasteiger partial charge in [-0.05, 0) is 26.2 Å². The molecule has 2 aliphatic rings. The van der Waals surface area contributed by atoms with Crippen LogP contribution in [0.2, 0.25) is 12.6 Å². The van der Waals surface area contributed by atoms with Crippen molar-refractivity contribution in [3.63, 3.8) is 0 Å². The molecule has 0 aromatic rings. The predicted octanol–water partition coefficient (Wildman–Crippen LogP) is 1.52. The Morgan fingerprint density at radius 1 is 1.62 bits per heavy atom. The van der Waals surface area contributed by atoms with E-state index in [9.17, 15) is 4.79 Å². The van der Waals surface area contributed by atoms with Crippen LogP contribution in [-0.2, 0) is 9.53 Å². The normalized spacial score (nSPS) is 44.0. The zero-order valence-corrected chi connectivity index (χ0v) is 8.07. The first kappa shape index (κ1) is 9.10. The Kier molecular flexibility index (Phi) is 2.35. The molecule has 0 aromatic carbocycles. The molecule has 0 amide bonds. The van der Waals surface area contributed by atoms with Crippen molar-refractivity contribution in [2.75, 3.05) is 0 Å². The summed E-state index contributed by atoms with van der Waals surface area (Å²) in [5.74, 6) is 0.901. The third-order valence-electron chi connectivity index (χ3n) is 3.19. The van der Waals surface area contributed by atoms with Gasteiger partial charge in [0.1, 0.15) is 13.4 Å². The Bertz CT molecular complexity index is 217. The second-order valence-corrected chi connectivity index (χ2v) is 3.90. The van der Waals surface area contributed by atoms with E-state index in [0.29, 0.717) is 11.7 Å². The van der Waals surface area contributed by atoms with E-state index in [2.05, 4.69) is 20.1 Å². The number of ether oxygens (including phenoxy) is 1. The molecule has 69 valence electrons. The van der Waals surface area contributed by atoms with Crippen molar-refractivity contribution in [1.29, 1.82) is 0 Å². The Morgan fingerprint density at radius 2 is 2.38 bits per heavy atom. The van der Waals surface area contributed by atoms with Crippen LogP contribution in [0.25, 0.3) is 0 Å². The van der Waals surface area contributed by atoms with E-state index in [1.807, 2.05) is 13.7 Å². The Hall–Kier alpha value is -0.465. The third kappa shape index (κ3) is 1.38. The largest absolute Gasteiger partial charge is 0.462 e. The van der Waals surface area contributed by atoms with Gasteiger partial charge in [0.25, 0.3) is 0 Å². The minimum atomic E-state index is -0.00583. The van der Waals surface area contributed by atoms with Crippen molar-refractivity contribution < 1.29 is 9.53 Å². The molecular formula is C10H14BO2. The molecule has 0 unspecified atom stereocenters. The van der Waals surface area contributed by atoms with Crippen LogP contribution in [0.1, 0.15) is 13.3 Å². The average molecular weight is 177 g/mol. The summed E-state index contributed by atoms with van der Waals surface area (Å²) in [5, 5.41) is 0. The summed E-state index contributed by atoms with van der Waals surface area (Å²) < 4.78 is 5.24. The lowest BCUT2D eigenvalue weighted by Crippen LogP contribution is -2.30. The molecule has 1 saturated heterocycles. The predicted molar refractivity (Wildman–Crippen MR) is 51.1 cm³/mol. The maximum absolute atomic E-state index is 11.4. The van der Waals surface area contributed by atoms with Crippen LogP contribution < -0.4 is 0 Å². The van der Waals surface area contributed by atoms with Crippen LogP contribution in [0.15, 0.2) is 0 Å². The molecule has 1 aliphatic heterocycles. The molecular weight excluding hydrogens is 163 g/mol. The molecule has 0 spiro atoms. The van der Waals surface area contributed by atoms with Crippen LogP contribution in [0.5, 0.6) is 0 Å². The summed E-state index contributed by atoms with van der Waals surface area (Å²) in [4.78, 5) is 11.4. The lowest BCUT2D eigenvalue weighted by molar-refractivity contribution is -0.143. The van der Waals surface area contributed by atoms with Gasteiger partial charge >= 0.3 is 5.97 Å². The number of fused-ring (bicyclic) bond motifs is 1. The second kappa shape index (κ2) is 3.35. The zero-order chi connectivity index (χ0) is 9.42. The summed E-state index contributed by atoms with van der Waals surface area (Å²) in [6.45, 7) is 4.05. The fraction of sp³-hybridized carbons (Fsp3) is 0.700. The molecule has 2 fully saturated rings. The monoisotopic (exact) mass is 177 g/mol. The van der Waals surface area contributed by atoms with Crippen molar-refractivity contribution >= 4 is 13.2 Å². The number of esters is 1. The summed E-state index contributed by atoms with van der Waals surface area (Å²) in [5.41, 5.74) is 0. The fourth-order valence-electron chi connectivity index (χ4n) is 2.51. The molecule has 3 heteroatoms. The first-order valence-electron chi connectivity index (χ1n) is 4.90. The number of carbonyl (C=O) groups excluding carboxylic acids is 1. The van der Waals surface area contributed by atoms with Gasteiger partial charge in [-0.1, -0.05) is 12.6 Å². The summed E-state index contributed by atoms with van der Waals surface area (Å²) in [6, 6.07) is 0. The highest BCUT2D eigenvalue weighted by atomic mass is 16.6. The van der Waals surface area contributed by atoms with Gasteiger partial charge < -0.3 is 4.74 Å². The number of carbonyl (C=O) groups is 1. The van der Waals surface area contributed by atoms with Gasteiger partial charge in [-0.15, -0.1) is 0 Å². The standard InChI is InChI=1S/C10H14BO2/c1-6-9-7(10(12)13-6)4-3-5-8(9)11-2/h3,5-9H,4H2,1-2H3/t6-,7-,8+,9-/m1/s1. The van der Waals surface area contributed by atoms with Crippen LogP contribution in [-0.4, -0.2) is 19.4 Å². The van der Waals surface area contributed by atoms with Gasteiger partial charge in [0.2, 0.25) is 0 Å².